The predicted octanol–water partition coefficient (Wildman–Crippen LogP) is 1.91. The first-order valence-corrected chi connectivity index (χ1v) is 6.85. The maximum absolute atomic E-state index is 11.7. The number of para-hydroxylation sites is 1. The van der Waals surface area contributed by atoms with E-state index >= 15 is 0 Å². The summed E-state index contributed by atoms with van der Waals surface area (Å²) in [5, 5.41) is 13.2. The molecule has 0 aromatic heterocycles. The Morgan fingerprint density at radius 1 is 1.47 bits per heavy atom. The molecule has 2 heterocycles. The van der Waals surface area contributed by atoms with Gasteiger partial charge in [0, 0.05) is 24.2 Å². The van der Waals surface area contributed by atoms with Crippen LogP contribution in [0.25, 0.3) is 0 Å². The monoisotopic (exact) mass is 260 g/mol. The molecule has 0 aliphatic carbocycles. The molecule has 0 amide bonds. The molecule has 1 saturated heterocycles. The highest BCUT2D eigenvalue weighted by atomic mass is 16.4. The first kappa shape index (κ1) is 12.5. The fourth-order valence-electron chi connectivity index (χ4n) is 3.55. The van der Waals surface area contributed by atoms with Crippen molar-refractivity contribution in [1.82, 2.24) is 4.90 Å². The van der Waals surface area contributed by atoms with E-state index in [-0.39, 0.29) is 17.9 Å². The number of carboxylic acids is 1. The van der Waals surface area contributed by atoms with Gasteiger partial charge >= 0.3 is 5.97 Å². The van der Waals surface area contributed by atoms with Gasteiger partial charge < -0.3 is 15.3 Å². The SMILES string of the molecule is Cc1cccc2c1NC1CCN(C)CC1C2C(=O)O. The molecule has 1 aromatic carbocycles. The molecule has 0 spiro atoms. The quantitative estimate of drug-likeness (QED) is 0.810. The summed E-state index contributed by atoms with van der Waals surface area (Å²) in [6.45, 7) is 3.92. The molecule has 3 unspecified atom stereocenters. The summed E-state index contributed by atoms with van der Waals surface area (Å²) in [5.41, 5.74) is 3.13. The molecule has 2 aliphatic heterocycles. The molecular weight excluding hydrogens is 240 g/mol. The van der Waals surface area contributed by atoms with Crippen molar-refractivity contribution in [3.63, 3.8) is 0 Å². The Morgan fingerprint density at radius 2 is 2.26 bits per heavy atom. The van der Waals surface area contributed by atoms with Gasteiger partial charge in [0.25, 0.3) is 0 Å². The van der Waals surface area contributed by atoms with Crippen molar-refractivity contribution >= 4 is 11.7 Å². The van der Waals surface area contributed by atoms with Gasteiger partial charge in [-0.1, -0.05) is 18.2 Å². The summed E-state index contributed by atoms with van der Waals surface area (Å²) in [7, 11) is 2.07. The van der Waals surface area contributed by atoms with Gasteiger partial charge in [-0.15, -0.1) is 0 Å². The number of likely N-dealkylation sites (tertiary alicyclic amines) is 1. The van der Waals surface area contributed by atoms with E-state index in [4.69, 9.17) is 0 Å². The topological polar surface area (TPSA) is 52.6 Å². The van der Waals surface area contributed by atoms with Crippen LogP contribution >= 0.6 is 0 Å². The van der Waals surface area contributed by atoms with Crippen molar-refractivity contribution in [3.05, 3.63) is 29.3 Å². The van der Waals surface area contributed by atoms with Crippen molar-refractivity contribution in [2.24, 2.45) is 5.92 Å². The molecule has 4 heteroatoms. The van der Waals surface area contributed by atoms with Gasteiger partial charge in [0.1, 0.15) is 0 Å². The maximum Gasteiger partial charge on any atom is 0.311 e. The second-order valence-electron chi connectivity index (χ2n) is 5.82. The lowest BCUT2D eigenvalue weighted by Gasteiger charge is -2.45. The second kappa shape index (κ2) is 4.53. The van der Waals surface area contributed by atoms with Crippen LogP contribution in [0.3, 0.4) is 0 Å². The van der Waals surface area contributed by atoms with Crippen molar-refractivity contribution < 1.29 is 9.90 Å². The third-order valence-electron chi connectivity index (χ3n) is 4.53. The number of hydrogen-bond donors (Lipinski definition) is 2. The lowest BCUT2D eigenvalue weighted by molar-refractivity contribution is -0.141. The Bertz CT molecular complexity index is 515. The van der Waals surface area contributed by atoms with E-state index < -0.39 is 5.97 Å². The summed E-state index contributed by atoms with van der Waals surface area (Å²) in [5.74, 6) is -0.923. The average Bonchev–Trinajstić information content (AvgIpc) is 2.36. The lowest BCUT2D eigenvalue weighted by atomic mass is 9.74. The number of aryl methyl sites for hydroxylation is 1. The number of fused-ring (bicyclic) bond motifs is 2. The summed E-state index contributed by atoms with van der Waals surface area (Å²) in [6, 6.07) is 6.24. The fraction of sp³-hybridized carbons (Fsp3) is 0.533. The molecule has 2 N–H and O–H groups in total. The lowest BCUT2D eigenvalue weighted by Crippen LogP contribution is -2.51. The molecule has 0 radical (unpaired) electrons. The number of rotatable bonds is 1. The van der Waals surface area contributed by atoms with Crippen LogP contribution < -0.4 is 5.32 Å². The van der Waals surface area contributed by atoms with Crippen LogP contribution in [-0.4, -0.2) is 42.2 Å². The van der Waals surface area contributed by atoms with Crippen molar-refractivity contribution in [2.75, 3.05) is 25.5 Å². The van der Waals surface area contributed by atoms with Gasteiger partial charge in [0.05, 0.1) is 5.92 Å². The summed E-state index contributed by atoms with van der Waals surface area (Å²) in [6.07, 6.45) is 1.01. The molecule has 1 fully saturated rings. The molecule has 0 bridgehead atoms. The Hall–Kier alpha value is -1.55. The van der Waals surface area contributed by atoms with E-state index in [1.165, 1.54) is 0 Å². The molecule has 2 aliphatic rings. The minimum atomic E-state index is -0.696. The highest BCUT2D eigenvalue weighted by Crippen LogP contribution is 2.42. The van der Waals surface area contributed by atoms with Gasteiger partial charge in [0.2, 0.25) is 0 Å². The number of aliphatic carboxylic acids is 1. The largest absolute Gasteiger partial charge is 0.481 e. The van der Waals surface area contributed by atoms with Crippen molar-refractivity contribution in [3.8, 4) is 0 Å². The molecule has 19 heavy (non-hydrogen) atoms. The zero-order valence-corrected chi connectivity index (χ0v) is 11.4. The minimum absolute atomic E-state index is 0.158. The standard InChI is InChI=1S/C15H20N2O2/c1-9-4-3-5-10-13(15(18)19)11-8-17(2)7-6-12(11)16-14(9)10/h3-5,11-13,16H,6-8H2,1-2H3,(H,18,19). The number of anilines is 1. The van der Waals surface area contributed by atoms with Crippen molar-refractivity contribution in [1.29, 1.82) is 0 Å². The van der Waals surface area contributed by atoms with Crippen LogP contribution in [0.1, 0.15) is 23.5 Å². The van der Waals surface area contributed by atoms with Crippen LogP contribution in [-0.2, 0) is 4.79 Å². The van der Waals surface area contributed by atoms with Gasteiger partial charge in [-0.25, -0.2) is 0 Å². The molecule has 4 nitrogen and oxygen atoms in total. The third kappa shape index (κ3) is 2.00. The average molecular weight is 260 g/mol. The van der Waals surface area contributed by atoms with Gasteiger partial charge in [-0.2, -0.15) is 0 Å². The van der Waals surface area contributed by atoms with E-state index in [9.17, 15) is 9.90 Å². The van der Waals surface area contributed by atoms with Crippen LogP contribution in [0.5, 0.6) is 0 Å². The van der Waals surface area contributed by atoms with Gasteiger partial charge in [0.15, 0.2) is 0 Å². The van der Waals surface area contributed by atoms with E-state index in [1.54, 1.807) is 0 Å². The number of hydrogen-bond acceptors (Lipinski definition) is 3. The van der Waals surface area contributed by atoms with E-state index in [2.05, 4.69) is 17.3 Å². The number of carboxylic acid groups (broad SMARTS) is 1. The van der Waals surface area contributed by atoms with Crippen LogP contribution in [0.4, 0.5) is 5.69 Å². The Morgan fingerprint density at radius 3 is 3.00 bits per heavy atom. The Labute approximate surface area is 113 Å². The smallest absolute Gasteiger partial charge is 0.311 e. The van der Waals surface area contributed by atoms with Crippen LogP contribution in [0.2, 0.25) is 0 Å². The summed E-state index contributed by atoms with van der Waals surface area (Å²) >= 11 is 0. The first-order chi connectivity index (χ1) is 9.08. The number of nitrogens with one attached hydrogen (secondary N) is 1. The normalized spacial score (nSPS) is 30.1. The molecule has 3 rings (SSSR count). The van der Waals surface area contributed by atoms with Crippen molar-refractivity contribution in [2.45, 2.75) is 25.3 Å². The highest BCUT2D eigenvalue weighted by Gasteiger charge is 2.43. The highest BCUT2D eigenvalue weighted by molar-refractivity contribution is 5.81. The van der Waals surface area contributed by atoms with Crippen LogP contribution in [0, 0.1) is 12.8 Å². The predicted molar refractivity (Wildman–Crippen MR) is 74.6 cm³/mol. The Kier molecular flexibility index (Phi) is 2.97. The number of piperidine rings is 1. The Balaban J connectivity index is 2.07. The molecule has 1 aromatic rings. The molecule has 102 valence electrons. The van der Waals surface area contributed by atoms with E-state index in [0.29, 0.717) is 0 Å². The first-order valence-electron chi connectivity index (χ1n) is 6.85. The molecular formula is C15H20N2O2. The van der Waals surface area contributed by atoms with E-state index in [0.717, 1.165) is 36.3 Å². The number of carbonyl (C=O) groups is 1. The molecule has 3 atom stereocenters. The van der Waals surface area contributed by atoms with Gasteiger partial charge in [-0.3, -0.25) is 4.79 Å². The maximum atomic E-state index is 11.7. The van der Waals surface area contributed by atoms with Crippen LogP contribution in [0.15, 0.2) is 18.2 Å². The van der Waals surface area contributed by atoms with E-state index in [1.807, 2.05) is 25.1 Å². The third-order valence-corrected chi connectivity index (χ3v) is 4.53. The molecule has 0 saturated carbocycles. The number of benzene rings is 1. The summed E-state index contributed by atoms with van der Waals surface area (Å²) < 4.78 is 0. The summed E-state index contributed by atoms with van der Waals surface area (Å²) in [4.78, 5) is 14.0. The second-order valence-corrected chi connectivity index (χ2v) is 5.82. The minimum Gasteiger partial charge on any atom is -0.481 e. The van der Waals surface area contributed by atoms with Gasteiger partial charge in [-0.05, 0) is 38.1 Å². The fourth-order valence-corrected chi connectivity index (χ4v) is 3.55. The zero-order chi connectivity index (χ0) is 13.6. The number of nitrogens with zero attached hydrogens (tertiary/aromatic N) is 1. The zero-order valence-electron chi connectivity index (χ0n) is 11.4.